The van der Waals surface area contributed by atoms with Crippen molar-refractivity contribution in [2.75, 3.05) is 0 Å². The van der Waals surface area contributed by atoms with E-state index in [9.17, 15) is 13.0 Å². The molecule has 0 aromatic rings. The van der Waals surface area contributed by atoms with Crippen LogP contribution >= 0.6 is 0 Å². The van der Waals surface area contributed by atoms with Crippen LogP contribution in [0.1, 0.15) is 89.9 Å². The molecule has 13 heteroatoms. The number of nitrogens with one attached hydrogen (secondary N) is 8. The van der Waals surface area contributed by atoms with Crippen LogP contribution in [0.3, 0.4) is 0 Å². The SMILES string of the molecule is NC1CCC2C3NC4NC(NC5NC(NC6NC(NC(N3)C2C1S(=O)(=O)O)C1CCCCC61)C1CCCCC51)C1CCCCC41. The zero-order valence-corrected chi connectivity index (χ0v) is 27.4. The molecule has 0 aromatic heterocycles. The van der Waals surface area contributed by atoms with Gasteiger partial charge in [-0.15, -0.1) is 0 Å². The van der Waals surface area contributed by atoms with Gasteiger partial charge in [-0.3, -0.25) is 47.1 Å². The van der Waals surface area contributed by atoms with Crippen LogP contribution in [0.15, 0.2) is 0 Å². The van der Waals surface area contributed by atoms with Crippen molar-refractivity contribution in [2.45, 2.75) is 151 Å². The van der Waals surface area contributed by atoms with Gasteiger partial charge in [-0.2, -0.15) is 8.42 Å². The highest BCUT2D eigenvalue weighted by molar-refractivity contribution is 7.86. The highest BCUT2D eigenvalue weighted by atomic mass is 32.2. The maximum Gasteiger partial charge on any atom is 0.269 e. The molecule has 5 heterocycles. The Morgan fingerprint density at radius 1 is 0.422 bits per heavy atom. The van der Waals surface area contributed by atoms with Crippen molar-refractivity contribution in [3.05, 3.63) is 0 Å². The minimum Gasteiger partial charge on any atom is -0.326 e. The number of fused-ring (bicyclic) bond motifs is 20. The van der Waals surface area contributed by atoms with Crippen LogP contribution in [0.2, 0.25) is 0 Å². The monoisotopic (exact) mass is 647 g/mol. The Balaban J connectivity index is 1.08. The quantitative estimate of drug-likeness (QED) is 0.178. The first-order chi connectivity index (χ1) is 21.8. The van der Waals surface area contributed by atoms with E-state index in [0.717, 1.165) is 6.42 Å². The van der Waals surface area contributed by atoms with Crippen LogP contribution < -0.4 is 48.3 Å². The maximum atomic E-state index is 13.0. The molecule has 0 spiro atoms. The van der Waals surface area contributed by atoms with Crippen molar-refractivity contribution >= 4 is 10.1 Å². The van der Waals surface area contributed by atoms with Gasteiger partial charge in [0.05, 0.1) is 49.3 Å². The van der Waals surface area contributed by atoms with E-state index in [-0.39, 0.29) is 55.0 Å². The summed E-state index contributed by atoms with van der Waals surface area (Å²) in [5.74, 6) is 3.10. The summed E-state index contributed by atoms with van der Waals surface area (Å²) in [6, 6.07) is -0.570. The van der Waals surface area contributed by atoms with Gasteiger partial charge in [-0.05, 0) is 92.8 Å². The van der Waals surface area contributed by atoms with Crippen molar-refractivity contribution in [3.63, 3.8) is 0 Å². The molecule has 9 fully saturated rings. The molecule has 18 unspecified atom stereocenters. The van der Waals surface area contributed by atoms with Gasteiger partial charge in [-0.1, -0.05) is 38.5 Å². The van der Waals surface area contributed by atoms with E-state index in [2.05, 4.69) is 42.5 Å². The molecule has 4 saturated carbocycles. The molecule has 9 aliphatic rings. The van der Waals surface area contributed by atoms with Crippen LogP contribution in [-0.2, 0) is 10.1 Å². The molecule has 18 atom stereocenters. The van der Waals surface area contributed by atoms with Crippen molar-refractivity contribution < 1.29 is 13.0 Å². The Morgan fingerprint density at radius 3 is 1.02 bits per heavy atom. The molecule has 5 saturated heterocycles. The fraction of sp³-hybridized carbons (Fsp3) is 1.00. The highest BCUT2D eigenvalue weighted by Crippen LogP contribution is 2.46. The average molecular weight is 648 g/mol. The van der Waals surface area contributed by atoms with Gasteiger partial charge in [0.15, 0.2) is 0 Å². The molecule has 4 aliphatic carbocycles. The van der Waals surface area contributed by atoms with Crippen LogP contribution in [0.4, 0.5) is 0 Å². The highest BCUT2D eigenvalue weighted by Gasteiger charge is 2.58. The van der Waals surface area contributed by atoms with Gasteiger partial charge in [0.2, 0.25) is 0 Å². The van der Waals surface area contributed by atoms with Gasteiger partial charge < -0.3 is 5.73 Å². The Kier molecular flexibility index (Phi) is 8.06. The van der Waals surface area contributed by atoms with E-state index in [4.69, 9.17) is 5.73 Å². The Morgan fingerprint density at radius 2 is 0.711 bits per heavy atom. The third-order valence-corrected chi connectivity index (χ3v) is 15.7. The Hall–Kier alpha value is -0.450. The van der Waals surface area contributed by atoms with Gasteiger partial charge in [0, 0.05) is 12.0 Å². The van der Waals surface area contributed by atoms with Crippen molar-refractivity contribution in [3.8, 4) is 0 Å². The van der Waals surface area contributed by atoms with Gasteiger partial charge >= 0.3 is 0 Å². The molecule has 0 aromatic carbocycles. The van der Waals surface area contributed by atoms with E-state index < -0.39 is 21.4 Å². The van der Waals surface area contributed by atoms with Crippen LogP contribution in [0.25, 0.3) is 0 Å². The summed E-state index contributed by atoms with van der Waals surface area (Å²) in [7, 11) is -4.33. The maximum absolute atomic E-state index is 13.0. The third-order valence-electron chi connectivity index (χ3n) is 14.4. The van der Waals surface area contributed by atoms with Crippen LogP contribution in [-0.4, -0.2) is 73.6 Å². The van der Waals surface area contributed by atoms with Crippen LogP contribution in [0, 0.1) is 47.3 Å². The topological polar surface area (TPSA) is 177 Å². The smallest absolute Gasteiger partial charge is 0.269 e. The molecule has 0 radical (unpaired) electrons. The summed E-state index contributed by atoms with van der Waals surface area (Å²) >= 11 is 0. The van der Waals surface area contributed by atoms with E-state index >= 15 is 0 Å². The third kappa shape index (κ3) is 5.26. The lowest BCUT2D eigenvalue weighted by Gasteiger charge is -2.40. The first-order valence-electron chi connectivity index (χ1n) is 18.6. The molecule has 8 bridgehead atoms. The predicted octanol–water partition coefficient (Wildman–Crippen LogP) is 0.409. The van der Waals surface area contributed by atoms with E-state index in [1.165, 1.54) is 77.0 Å². The van der Waals surface area contributed by atoms with Gasteiger partial charge in [-0.25, -0.2) is 0 Å². The summed E-state index contributed by atoms with van der Waals surface area (Å²) in [4.78, 5) is 0. The average Bonchev–Trinajstić information content (AvgIpc) is 3.76. The first kappa shape index (κ1) is 30.6. The molecule has 9 rings (SSSR count). The lowest BCUT2D eigenvalue weighted by Crippen LogP contribution is -2.62. The summed E-state index contributed by atoms with van der Waals surface area (Å²) in [5.41, 5.74) is 6.52. The van der Waals surface area contributed by atoms with Gasteiger partial charge in [0.25, 0.3) is 10.1 Å². The van der Waals surface area contributed by atoms with E-state index in [1.807, 2.05) is 0 Å². The lowest BCUT2D eigenvalue weighted by atomic mass is 9.75. The second-order valence-corrected chi connectivity index (χ2v) is 18.0. The zero-order chi connectivity index (χ0) is 30.4. The van der Waals surface area contributed by atoms with Crippen molar-refractivity contribution in [1.82, 2.24) is 42.5 Å². The van der Waals surface area contributed by atoms with Crippen molar-refractivity contribution in [1.29, 1.82) is 0 Å². The summed E-state index contributed by atoms with van der Waals surface area (Å²) in [5, 5.41) is 31.3. The molecule has 5 aliphatic heterocycles. The number of hydrogen-bond acceptors (Lipinski definition) is 11. The number of hydrogen-bond donors (Lipinski definition) is 10. The molecule has 45 heavy (non-hydrogen) atoms. The minimum absolute atomic E-state index is 0.0545. The molecular formula is C32H57N9O3S. The number of rotatable bonds is 1. The lowest BCUT2D eigenvalue weighted by molar-refractivity contribution is 0.162. The molecule has 254 valence electrons. The molecule has 0 amide bonds. The standard InChI is InChI=1S/C32H57N9O3S/c33-22-14-13-21-23(24(22)45(42,43)44)32-40-30-20-12-6-5-11-19(20)28(38-30)36-26-16-8-2-1-7-15(16)25(34-26)35-27-17-9-3-4-10-18(17)29(37-27)39-31(21)41-32/h15-32,34-41H,1-14,33H2,(H,42,43,44). The molecular weight excluding hydrogens is 590 g/mol. The predicted molar refractivity (Wildman–Crippen MR) is 171 cm³/mol. The summed E-state index contributed by atoms with van der Waals surface area (Å²) < 4.78 is 36.5. The van der Waals surface area contributed by atoms with E-state index in [0.29, 0.717) is 48.1 Å². The normalized spacial score (nSPS) is 56.2. The zero-order valence-electron chi connectivity index (χ0n) is 26.5. The van der Waals surface area contributed by atoms with Crippen molar-refractivity contribution in [2.24, 2.45) is 53.1 Å². The fourth-order valence-electron chi connectivity index (χ4n) is 12.4. The van der Waals surface area contributed by atoms with Crippen LogP contribution in [0.5, 0.6) is 0 Å². The molecule has 11 N–H and O–H groups in total. The largest absolute Gasteiger partial charge is 0.326 e. The Labute approximate surface area is 268 Å². The Bertz CT molecular complexity index is 1210. The first-order valence-corrected chi connectivity index (χ1v) is 20.1. The summed E-state index contributed by atoms with van der Waals surface area (Å²) in [6.07, 6.45) is 17.4. The minimum atomic E-state index is -4.33. The number of nitrogens with two attached hydrogens (primary N) is 1. The second-order valence-electron chi connectivity index (χ2n) is 16.5. The second kappa shape index (κ2) is 11.9. The fourth-order valence-corrected chi connectivity index (χ4v) is 13.8. The van der Waals surface area contributed by atoms with E-state index in [1.54, 1.807) is 0 Å². The van der Waals surface area contributed by atoms with Gasteiger partial charge in [0.1, 0.15) is 5.25 Å². The molecule has 12 nitrogen and oxygen atoms in total. The summed E-state index contributed by atoms with van der Waals surface area (Å²) in [6.45, 7) is 0.